The Kier molecular flexibility index (Phi) is 4.40. The quantitative estimate of drug-likeness (QED) is 0.709. The van der Waals surface area contributed by atoms with Crippen LogP contribution in [0.5, 0.6) is 0 Å². The maximum absolute atomic E-state index is 13.2. The Hall–Kier alpha value is -2.66. The predicted molar refractivity (Wildman–Crippen MR) is 113 cm³/mol. The summed E-state index contributed by atoms with van der Waals surface area (Å²) in [5.74, 6) is -0.112. The molecule has 2 aromatic carbocycles. The van der Waals surface area contributed by atoms with Crippen molar-refractivity contribution in [3.63, 3.8) is 0 Å². The van der Waals surface area contributed by atoms with Crippen molar-refractivity contribution in [2.75, 3.05) is 11.9 Å². The lowest BCUT2D eigenvalue weighted by molar-refractivity contribution is -0.121. The van der Waals surface area contributed by atoms with E-state index >= 15 is 0 Å². The third kappa shape index (κ3) is 2.90. The van der Waals surface area contributed by atoms with E-state index in [0.29, 0.717) is 17.8 Å². The lowest BCUT2D eigenvalue weighted by Crippen LogP contribution is -2.49. The van der Waals surface area contributed by atoms with Crippen LogP contribution in [-0.2, 0) is 17.6 Å². The molecular formula is C23H22N2O2S. The van der Waals surface area contributed by atoms with Crippen molar-refractivity contribution < 1.29 is 9.59 Å². The molecule has 0 radical (unpaired) electrons. The molecule has 2 heterocycles. The van der Waals surface area contributed by atoms with Gasteiger partial charge in [0.2, 0.25) is 5.91 Å². The number of likely N-dealkylation sites (tertiary alicyclic amines) is 1. The van der Waals surface area contributed by atoms with Gasteiger partial charge in [0.15, 0.2) is 0 Å². The molecule has 0 bridgehead atoms. The highest BCUT2D eigenvalue weighted by Gasteiger charge is 2.33. The van der Waals surface area contributed by atoms with Gasteiger partial charge in [-0.1, -0.05) is 30.3 Å². The zero-order valence-corrected chi connectivity index (χ0v) is 16.4. The molecule has 2 amide bonds. The van der Waals surface area contributed by atoms with Crippen LogP contribution in [0.3, 0.4) is 0 Å². The van der Waals surface area contributed by atoms with Gasteiger partial charge in [0.05, 0.1) is 4.88 Å². The van der Waals surface area contributed by atoms with Crippen LogP contribution in [0.15, 0.2) is 47.8 Å². The molecule has 0 spiro atoms. The summed E-state index contributed by atoms with van der Waals surface area (Å²) in [7, 11) is 0. The number of rotatable bonds is 3. The summed E-state index contributed by atoms with van der Waals surface area (Å²) in [6, 6.07) is 13.8. The maximum Gasteiger partial charge on any atom is 0.264 e. The third-order valence-corrected chi connectivity index (χ3v) is 6.79. The summed E-state index contributed by atoms with van der Waals surface area (Å²) in [6.07, 6.45) is 4.76. The number of hydrogen-bond donors (Lipinski definition) is 1. The Labute approximate surface area is 168 Å². The number of piperidine rings is 1. The average Bonchev–Trinajstić information content (AvgIpc) is 3.41. The van der Waals surface area contributed by atoms with E-state index in [1.807, 2.05) is 23.6 Å². The molecule has 1 aliphatic carbocycles. The molecule has 0 saturated carbocycles. The number of thiophene rings is 1. The van der Waals surface area contributed by atoms with E-state index in [1.54, 1.807) is 4.90 Å². The Bertz CT molecular complexity index is 1050. The third-order valence-electron chi connectivity index (χ3n) is 5.93. The predicted octanol–water partition coefficient (Wildman–Crippen LogP) is 4.63. The molecule has 142 valence electrons. The number of aryl methyl sites for hydroxylation is 2. The minimum absolute atomic E-state index is 0.0322. The van der Waals surface area contributed by atoms with Gasteiger partial charge in [-0.25, -0.2) is 0 Å². The minimum atomic E-state index is -0.411. The normalized spacial score (nSPS) is 18.4. The number of hydrogen-bond acceptors (Lipinski definition) is 3. The number of anilines is 1. The van der Waals surface area contributed by atoms with Crippen molar-refractivity contribution in [1.29, 1.82) is 0 Å². The van der Waals surface area contributed by atoms with Crippen LogP contribution in [0.2, 0.25) is 0 Å². The van der Waals surface area contributed by atoms with Crippen molar-refractivity contribution in [3.8, 4) is 0 Å². The summed E-state index contributed by atoms with van der Waals surface area (Å²) in [5.41, 5.74) is 3.56. The lowest BCUT2D eigenvalue weighted by Gasteiger charge is -2.34. The van der Waals surface area contributed by atoms with Gasteiger partial charge in [-0.3, -0.25) is 9.59 Å². The fraction of sp³-hybridized carbons (Fsp3) is 0.304. The van der Waals surface area contributed by atoms with Gasteiger partial charge in [-0.05, 0) is 66.1 Å². The van der Waals surface area contributed by atoms with E-state index in [2.05, 4.69) is 29.6 Å². The Morgan fingerprint density at radius 1 is 1.00 bits per heavy atom. The van der Waals surface area contributed by atoms with Crippen molar-refractivity contribution in [2.45, 2.75) is 38.1 Å². The molecule has 5 rings (SSSR count). The number of nitrogens with one attached hydrogen (secondary N) is 1. The Balaban J connectivity index is 1.43. The first kappa shape index (κ1) is 17.4. The molecule has 1 saturated heterocycles. The SMILES string of the molecule is O=C(Nc1ccc2c3c(cccc13)CC2)C1CCCCN1C(=O)c1cccs1. The Morgan fingerprint density at radius 2 is 1.86 bits per heavy atom. The van der Waals surface area contributed by atoms with Gasteiger partial charge < -0.3 is 10.2 Å². The topological polar surface area (TPSA) is 49.4 Å². The summed E-state index contributed by atoms with van der Waals surface area (Å²) in [5, 5.41) is 7.43. The fourth-order valence-electron chi connectivity index (χ4n) is 4.56. The van der Waals surface area contributed by atoms with Gasteiger partial charge in [0, 0.05) is 17.6 Å². The molecule has 1 fully saturated rings. The van der Waals surface area contributed by atoms with Gasteiger partial charge in [-0.2, -0.15) is 0 Å². The summed E-state index contributed by atoms with van der Waals surface area (Å²) in [6.45, 7) is 0.638. The van der Waals surface area contributed by atoms with Crippen molar-refractivity contribution in [2.24, 2.45) is 0 Å². The van der Waals surface area contributed by atoms with Crippen LogP contribution in [0.4, 0.5) is 5.69 Å². The van der Waals surface area contributed by atoms with Gasteiger partial charge in [0.25, 0.3) is 5.91 Å². The zero-order chi connectivity index (χ0) is 19.1. The number of benzene rings is 2. The summed E-state index contributed by atoms with van der Waals surface area (Å²) >= 11 is 1.43. The minimum Gasteiger partial charge on any atom is -0.326 e. The molecule has 4 nitrogen and oxygen atoms in total. The van der Waals surface area contributed by atoms with Gasteiger partial charge >= 0.3 is 0 Å². The van der Waals surface area contributed by atoms with Crippen LogP contribution < -0.4 is 5.32 Å². The lowest BCUT2D eigenvalue weighted by atomic mass is 10.00. The molecule has 2 aliphatic rings. The second kappa shape index (κ2) is 7.06. The number of amides is 2. The number of carbonyl (C=O) groups excluding carboxylic acids is 2. The van der Waals surface area contributed by atoms with Crippen LogP contribution in [0.25, 0.3) is 10.8 Å². The first-order valence-corrected chi connectivity index (χ1v) is 10.8. The van der Waals surface area contributed by atoms with Gasteiger partial charge in [0.1, 0.15) is 6.04 Å². The molecule has 1 aromatic heterocycles. The maximum atomic E-state index is 13.2. The monoisotopic (exact) mass is 390 g/mol. The summed E-state index contributed by atoms with van der Waals surface area (Å²) < 4.78 is 0. The van der Waals surface area contributed by atoms with E-state index in [1.165, 1.54) is 27.8 Å². The van der Waals surface area contributed by atoms with E-state index in [9.17, 15) is 9.59 Å². The molecule has 1 aliphatic heterocycles. The average molecular weight is 391 g/mol. The van der Waals surface area contributed by atoms with E-state index in [0.717, 1.165) is 36.8 Å². The van der Waals surface area contributed by atoms with E-state index < -0.39 is 6.04 Å². The molecule has 1 unspecified atom stereocenters. The van der Waals surface area contributed by atoms with Crippen LogP contribution in [-0.4, -0.2) is 29.3 Å². The van der Waals surface area contributed by atoms with Crippen LogP contribution >= 0.6 is 11.3 Å². The molecule has 1 N–H and O–H groups in total. The highest BCUT2D eigenvalue weighted by molar-refractivity contribution is 7.12. The highest BCUT2D eigenvalue weighted by Crippen LogP contribution is 2.35. The van der Waals surface area contributed by atoms with E-state index in [-0.39, 0.29) is 11.8 Å². The largest absolute Gasteiger partial charge is 0.326 e. The first-order chi connectivity index (χ1) is 13.7. The molecule has 5 heteroatoms. The molecule has 28 heavy (non-hydrogen) atoms. The molecular weight excluding hydrogens is 368 g/mol. The number of nitrogens with zero attached hydrogens (tertiary/aromatic N) is 1. The smallest absolute Gasteiger partial charge is 0.264 e. The first-order valence-electron chi connectivity index (χ1n) is 9.91. The number of carbonyl (C=O) groups is 2. The fourth-order valence-corrected chi connectivity index (χ4v) is 5.24. The van der Waals surface area contributed by atoms with Crippen LogP contribution in [0, 0.1) is 0 Å². The van der Waals surface area contributed by atoms with Crippen molar-refractivity contribution in [3.05, 3.63) is 63.8 Å². The molecule has 3 aromatic rings. The van der Waals surface area contributed by atoms with E-state index in [4.69, 9.17) is 0 Å². The standard InChI is InChI=1S/C23H22N2O2S/c26-22(19-7-1-2-13-25(19)23(27)20-8-4-14-28-20)24-18-12-11-16-10-9-15-5-3-6-17(18)21(15)16/h3-6,8,11-12,14,19H,1-2,7,9-10,13H2,(H,24,26). The van der Waals surface area contributed by atoms with Crippen molar-refractivity contribution >= 4 is 39.6 Å². The van der Waals surface area contributed by atoms with Crippen LogP contribution in [0.1, 0.15) is 40.1 Å². The van der Waals surface area contributed by atoms with Gasteiger partial charge in [-0.15, -0.1) is 11.3 Å². The van der Waals surface area contributed by atoms with Crippen molar-refractivity contribution in [1.82, 2.24) is 4.90 Å². The highest BCUT2D eigenvalue weighted by atomic mass is 32.1. The summed E-state index contributed by atoms with van der Waals surface area (Å²) in [4.78, 5) is 28.5. The second-order valence-electron chi connectivity index (χ2n) is 7.59. The Morgan fingerprint density at radius 3 is 2.68 bits per heavy atom. The zero-order valence-electron chi connectivity index (χ0n) is 15.6. The second-order valence-corrected chi connectivity index (χ2v) is 8.54. The molecule has 1 atom stereocenters.